The molecule has 2 rings (SSSR count). The summed E-state index contributed by atoms with van der Waals surface area (Å²) in [6.45, 7) is 0.00700. The minimum absolute atomic E-state index is 0.232. The largest absolute Gasteiger partial charge is 0.493 e. The number of nitrogens with one attached hydrogen (secondary N) is 1. The lowest BCUT2D eigenvalue weighted by Gasteiger charge is -2.10. The van der Waals surface area contributed by atoms with E-state index in [1.54, 1.807) is 20.3 Å². The highest BCUT2D eigenvalue weighted by Gasteiger charge is 2.11. The predicted octanol–water partition coefficient (Wildman–Crippen LogP) is 2.46. The minimum Gasteiger partial charge on any atom is -0.493 e. The Morgan fingerprint density at radius 1 is 1.07 bits per heavy atom. The molecular formula is C19H21ClN2O5. The van der Waals surface area contributed by atoms with Gasteiger partial charge >= 0.3 is 5.97 Å². The highest BCUT2D eigenvalue weighted by atomic mass is 35.5. The molecule has 1 amide bonds. The van der Waals surface area contributed by atoms with Crippen LogP contribution in [0.15, 0.2) is 36.4 Å². The number of esters is 1. The summed E-state index contributed by atoms with van der Waals surface area (Å²) < 4.78 is 15.4. The van der Waals surface area contributed by atoms with Crippen LogP contribution in [0.3, 0.4) is 0 Å². The molecule has 2 aromatic carbocycles. The maximum atomic E-state index is 11.9. The maximum Gasteiger partial charge on any atom is 0.338 e. The van der Waals surface area contributed by atoms with Crippen molar-refractivity contribution in [1.29, 1.82) is 0 Å². The van der Waals surface area contributed by atoms with Gasteiger partial charge in [0.1, 0.15) is 0 Å². The van der Waals surface area contributed by atoms with Crippen LogP contribution in [0.25, 0.3) is 0 Å². The SMILES string of the molecule is COc1ccc(CCNC(=O)COC(=O)c2ccc(Cl)c(N)c2)cc1OC. The Bertz CT molecular complexity index is 826. The first-order chi connectivity index (χ1) is 12.9. The second-order valence-electron chi connectivity index (χ2n) is 5.60. The molecule has 0 aliphatic rings. The Morgan fingerprint density at radius 2 is 1.81 bits per heavy atom. The number of nitrogen functional groups attached to an aromatic ring is 1. The number of carbonyl (C=O) groups is 2. The fraction of sp³-hybridized carbons (Fsp3) is 0.263. The van der Waals surface area contributed by atoms with Crippen LogP contribution in [-0.4, -0.2) is 39.2 Å². The number of nitrogens with two attached hydrogens (primary N) is 1. The summed E-state index contributed by atoms with van der Waals surface area (Å²) in [6, 6.07) is 9.91. The Balaban J connectivity index is 1.77. The van der Waals surface area contributed by atoms with Gasteiger partial charge in [0.05, 0.1) is 30.5 Å². The van der Waals surface area contributed by atoms with Crippen LogP contribution in [0.1, 0.15) is 15.9 Å². The van der Waals surface area contributed by atoms with Crippen LogP contribution in [0, 0.1) is 0 Å². The van der Waals surface area contributed by atoms with Crippen molar-refractivity contribution in [1.82, 2.24) is 5.32 Å². The fourth-order valence-electron chi connectivity index (χ4n) is 2.32. The Morgan fingerprint density at radius 3 is 2.48 bits per heavy atom. The molecule has 0 heterocycles. The number of hydrogen-bond acceptors (Lipinski definition) is 6. The number of anilines is 1. The van der Waals surface area contributed by atoms with Gasteiger partial charge in [-0.1, -0.05) is 17.7 Å². The van der Waals surface area contributed by atoms with Crippen LogP contribution in [-0.2, 0) is 16.0 Å². The van der Waals surface area contributed by atoms with Gasteiger partial charge in [-0.25, -0.2) is 4.79 Å². The average molecular weight is 393 g/mol. The van der Waals surface area contributed by atoms with Crippen molar-refractivity contribution >= 4 is 29.2 Å². The van der Waals surface area contributed by atoms with E-state index >= 15 is 0 Å². The first-order valence-electron chi connectivity index (χ1n) is 8.14. The number of carbonyl (C=O) groups excluding carboxylic acids is 2. The van der Waals surface area contributed by atoms with Crippen molar-refractivity contribution in [3.63, 3.8) is 0 Å². The van der Waals surface area contributed by atoms with Crippen LogP contribution < -0.4 is 20.5 Å². The van der Waals surface area contributed by atoms with E-state index in [2.05, 4.69) is 5.32 Å². The second kappa shape index (κ2) is 9.68. The van der Waals surface area contributed by atoms with E-state index in [4.69, 9.17) is 31.5 Å². The number of methoxy groups -OCH3 is 2. The standard InChI is InChI=1S/C19H21ClN2O5/c1-25-16-6-3-12(9-17(16)26-2)7-8-22-18(23)11-27-19(24)13-4-5-14(20)15(21)10-13/h3-6,9-10H,7-8,11,21H2,1-2H3,(H,22,23). The number of benzene rings is 2. The zero-order valence-corrected chi connectivity index (χ0v) is 15.8. The summed E-state index contributed by atoms with van der Waals surface area (Å²) >= 11 is 5.80. The topological polar surface area (TPSA) is 99.9 Å². The monoisotopic (exact) mass is 392 g/mol. The van der Waals surface area contributed by atoms with Crippen molar-refractivity contribution in [3.05, 3.63) is 52.5 Å². The van der Waals surface area contributed by atoms with Crippen LogP contribution in [0.4, 0.5) is 5.69 Å². The molecule has 0 atom stereocenters. The summed E-state index contributed by atoms with van der Waals surface area (Å²) in [6.07, 6.45) is 0.591. The number of amides is 1. The van der Waals surface area contributed by atoms with E-state index in [1.807, 2.05) is 12.1 Å². The third-order valence-corrected chi connectivity index (χ3v) is 4.09. The molecular weight excluding hydrogens is 372 g/mol. The zero-order valence-electron chi connectivity index (χ0n) is 15.1. The molecule has 7 nitrogen and oxygen atoms in total. The smallest absolute Gasteiger partial charge is 0.338 e. The lowest BCUT2D eigenvalue weighted by Crippen LogP contribution is -2.30. The molecule has 0 spiro atoms. The molecule has 0 unspecified atom stereocenters. The van der Waals surface area contributed by atoms with Crippen molar-refractivity contribution in [3.8, 4) is 11.5 Å². The summed E-state index contributed by atoms with van der Waals surface area (Å²) in [5, 5.41) is 3.04. The highest BCUT2D eigenvalue weighted by molar-refractivity contribution is 6.33. The molecule has 0 bridgehead atoms. The van der Waals surface area contributed by atoms with Gasteiger partial charge in [-0.15, -0.1) is 0 Å². The van der Waals surface area contributed by atoms with E-state index in [0.717, 1.165) is 5.56 Å². The normalized spacial score (nSPS) is 10.2. The van der Waals surface area contributed by atoms with E-state index in [-0.39, 0.29) is 17.9 Å². The van der Waals surface area contributed by atoms with Gasteiger partial charge < -0.3 is 25.3 Å². The predicted molar refractivity (Wildman–Crippen MR) is 102 cm³/mol. The molecule has 0 radical (unpaired) electrons. The third kappa shape index (κ3) is 5.79. The number of ether oxygens (including phenoxy) is 3. The zero-order chi connectivity index (χ0) is 19.8. The molecule has 0 saturated heterocycles. The van der Waals surface area contributed by atoms with Gasteiger partial charge in [-0.3, -0.25) is 4.79 Å². The molecule has 8 heteroatoms. The first kappa shape index (κ1) is 20.4. The van der Waals surface area contributed by atoms with Crippen molar-refractivity contribution in [2.75, 3.05) is 33.1 Å². The third-order valence-electron chi connectivity index (χ3n) is 3.75. The van der Waals surface area contributed by atoms with Gasteiger partial charge in [0, 0.05) is 6.54 Å². The Labute approximate surface area is 162 Å². The Kier molecular flexibility index (Phi) is 7.31. The molecule has 0 saturated carbocycles. The summed E-state index contributed by atoms with van der Waals surface area (Å²) in [5.74, 6) is 0.219. The van der Waals surface area contributed by atoms with E-state index < -0.39 is 11.9 Å². The molecule has 0 aromatic heterocycles. The lowest BCUT2D eigenvalue weighted by atomic mass is 10.1. The molecule has 27 heavy (non-hydrogen) atoms. The second-order valence-corrected chi connectivity index (χ2v) is 6.01. The van der Waals surface area contributed by atoms with Gasteiger partial charge in [-0.2, -0.15) is 0 Å². The molecule has 0 aliphatic carbocycles. The molecule has 2 aromatic rings. The number of rotatable bonds is 8. The number of halogens is 1. The van der Waals surface area contributed by atoms with E-state index in [1.165, 1.54) is 18.2 Å². The molecule has 0 aliphatic heterocycles. The van der Waals surface area contributed by atoms with Gasteiger partial charge in [0.2, 0.25) is 0 Å². The average Bonchev–Trinajstić information content (AvgIpc) is 2.68. The lowest BCUT2D eigenvalue weighted by molar-refractivity contribution is -0.124. The van der Waals surface area contributed by atoms with E-state index in [0.29, 0.717) is 29.5 Å². The summed E-state index contributed by atoms with van der Waals surface area (Å²) in [5.41, 5.74) is 7.11. The van der Waals surface area contributed by atoms with Gasteiger partial charge in [-0.05, 0) is 42.3 Å². The van der Waals surface area contributed by atoms with Crippen molar-refractivity contribution in [2.24, 2.45) is 0 Å². The van der Waals surface area contributed by atoms with Crippen molar-refractivity contribution in [2.45, 2.75) is 6.42 Å². The van der Waals surface area contributed by atoms with Gasteiger partial charge in [0.15, 0.2) is 18.1 Å². The van der Waals surface area contributed by atoms with E-state index in [9.17, 15) is 9.59 Å². The molecule has 3 N–H and O–H groups in total. The van der Waals surface area contributed by atoms with Crippen molar-refractivity contribution < 1.29 is 23.8 Å². The molecule has 0 fully saturated rings. The highest BCUT2D eigenvalue weighted by Crippen LogP contribution is 2.27. The van der Waals surface area contributed by atoms with Crippen LogP contribution >= 0.6 is 11.6 Å². The Hall–Kier alpha value is -2.93. The van der Waals surface area contributed by atoms with Crippen LogP contribution in [0.2, 0.25) is 5.02 Å². The quantitative estimate of drug-likeness (QED) is 0.528. The molecule has 144 valence electrons. The maximum absolute atomic E-state index is 11.9. The van der Waals surface area contributed by atoms with Crippen LogP contribution in [0.5, 0.6) is 11.5 Å². The van der Waals surface area contributed by atoms with Gasteiger partial charge in [0.25, 0.3) is 5.91 Å². The number of hydrogen-bond donors (Lipinski definition) is 2. The fourth-order valence-corrected chi connectivity index (χ4v) is 2.44. The minimum atomic E-state index is -0.645. The summed E-state index contributed by atoms with van der Waals surface area (Å²) in [7, 11) is 3.13. The first-order valence-corrected chi connectivity index (χ1v) is 8.52. The summed E-state index contributed by atoms with van der Waals surface area (Å²) in [4.78, 5) is 23.7.